The fraction of sp³-hybridized carbons (Fsp3) is 0.417. The first-order chi connectivity index (χ1) is 7.66. The van der Waals surface area contributed by atoms with Crippen LogP contribution in [-0.2, 0) is 17.7 Å². The molecule has 1 heterocycles. The van der Waals surface area contributed by atoms with Gasteiger partial charge in [0.25, 0.3) is 0 Å². The third-order valence-electron chi connectivity index (χ3n) is 2.65. The zero-order valence-electron chi connectivity index (χ0n) is 9.15. The number of amides is 1. The molecule has 1 aromatic carbocycles. The zero-order valence-corrected chi connectivity index (χ0v) is 9.91. The Balaban J connectivity index is 2.05. The number of carbonyl (C=O) groups excluding carboxylic acids is 1. The van der Waals surface area contributed by atoms with Gasteiger partial charge in [-0.25, -0.2) is 4.79 Å². The number of alkyl halides is 1. The normalized spacial score (nSPS) is 16.5. The van der Waals surface area contributed by atoms with Gasteiger partial charge in [0.15, 0.2) is 5.56 Å². The first-order valence-corrected chi connectivity index (χ1v) is 5.77. The summed E-state index contributed by atoms with van der Waals surface area (Å²) in [5, 5.41) is 0. The zero-order chi connectivity index (χ0) is 11.5. The number of rotatable bonds is 1. The SMILES string of the molecule is CC(Cl)OC(=O)N1CCc2ccccc2C1. The molecule has 1 atom stereocenters. The Morgan fingerprint density at radius 3 is 2.81 bits per heavy atom. The molecule has 1 aromatic rings. The van der Waals surface area contributed by atoms with Crippen molar-refractivity contribution in [2.75, 3.05) is 6.54 Å². The maximum Gasteiger partial charge on any atom is 0.411 e. The largest absolute Gasteiger partial charge is 0.430 e. The Hall–Kier alpha value is -1.22. The van der Waals surface area contributed by atoms with Gasteiger partial charge in [0.2, 0.25) is 0 Å². The van der Waals surface area contributed by atoms with Gasteiger partial charge in [-0.15, -0.1) is 0 Å². The van der Waals surface area contributed by atoms with Crippen molar-refractivity contribution in [3.05, 3.63) is 35.4 Å². The molecule has 1 unspecified atom stereocenters. The van der Waals surface area contributed by atoms with Crippen LogP contribution in [0.5, 0.6) is 0 Å². The lowest BCUT2D eigenvalue weighted by Gasteiger charge is -2.28. The van der Waals surface area contributed by atoms with Crippen molar-refractivity contribution >= 4 is 17.7 Å². The summed E-state index contributed by atoms with van der Waals surface area (Å²) in [6.45, 7) is 2.94. The molecule has 0 fully saturated rings. The second-order valence-corrected chi connectivity index (χ2v) is 4.48. The van der Waals surface area contributed by atoms with Crippen LogP contribution in [0.4, 0.5) is 4.79 Å². The maximum absolute atomic E-state index is 11.6. The fourth-order valence-corrected chi connectivity index (χ4v) is 1.94. The molecule has 0 bridgehead atoms. The van der Waals surface area contributed by atoms with Gasteiger partial charge in [0.05, 0.1) is 0 Å². The standard InChI is InChI=1S/C12H14ClNO2/c1-9(13)16-12(15)14-7-6-10-4-2-3-5-11(10)8-14/h2-5,9H,6-8H2,1H3. The third kappa shape index (κ3) is 2.47. The lowest BCUT2D eigenvalue weighted by Crippen LogP contribution is -2.37. The van der Waals surface area contributed by atoms with E-state index in [1.807, 2.05) is 18.2 Å². The van der Waals surface area contributed by atoms with Crippen LogP contribution in [0.3, 0.4) is 0 Å². The van der Waals surface area contributed by atoms with E-state index in [0.29, 0.717) is 13.1 Å². The van der Waals surface area contributed by atoms with E-state index in [2.05, 4.69) is 6.07 Å². The van der Waals surface area contributed by atoms with Gasteiger partial charge < -0.3 is 9.64 Å². The molecule has 0 aromatic heterocycles. The van der Waals surface area contributed by atoms with Gasteiger partial charge in [-0.1, -0.05) is 35.9 Å². The molecule has 0 saturated heterocycles. The summed E-state index contributed by atoms with van der Waals surface area (Å²) in [7, 11) is 0. The molecule has 0 N–H and O–H groups in total. The Kier molecular flexibility index (Phi) is 3.34. The molecule has 0 aliphatic carbocycles. The minimum absolute atomic E-state index is 0.336. The highest BCUT2D eigenvalue weighted by molar-refractivity contribution is 6.19. The van der Waals surface area contributed by atoms with E-state index in [1.165, 1.54) is 11.1 Å². The van der Waals surface area contributed by atoms with Crippen LogP contribution in [0.1, 0.15) is 18.1 Å². The minimum Gasteiger partial charge on any atom is -0.430 e. The van der Waals surface area contributed by atoms with Crippen molar-refractivity contribution in [2.45, 2.75) is 25.5 Å². The van der Waals surface area contributed by atoms with Crippen LogP contribution < -0.4 is 0 Å². The van der Waals surface area contributed by atoms with Crippen molar-refractivity contribution in [3.8, 4) is 0 Å². The number of ether oxygens (including phenoxy) is 1. The lowest BCUT2D eigenvalue weighted by atomic mass is 10.0. The molecule has 4 heteroatoms. The highest BCUT2D eigenvalue weighted by atomic mass is 35.5. The summed E-state index contributed by atoms with van der Waals surface area (Å²) < 4.78 is 4.96. The van der Waals surface area contributed by atoms with Crippen molar-refractivity contribution in [1.82, 2.24) is 4.90 Å². The van der Waals surface area contributed by atoms with E-state index in [9.17, 15) is 4.79 Å². The monoisotopic (exact) mass is 239 g/mol. The summed E-state index contributed by atoms with van der Waals surface area (Å²) in [6, 6.07) is 8.15. The molecule has 16 heavy (non-hydrogen) atoms. The topological polar surface area (TPSA) is 29.5 Å². The third-order valence-corrected chi connectivity index (χ3v) is 2.74. The first-order valence-electron chi connectivity index (χ1n) is 5.33. The molecule has 2 rings (SSSR count). The van der Waals surface area contributed by atoms with Gasteiger partial charge >= 0.3 is 6.09 Å². The van der Waals surface area contributed by atoms with Gasteiger partial charge in [-0.05, 0) is 24.5 Å². The summed E-state index contributed by atoms with van der Waals surface area (Å²) >= 11 is 5.62. The molecule has 0 spiro atoms. The van der Waals surface area contributed by atoms with E-state index in [0.717, 1.165) is 6.42 Å². The van der Waals surface area contributed by atoms with Gasteiger partial charge in [-0.2, -0.15) is 0 Å². The van der Waals surface area contributed by atoms with Crippen molar-refractivity contribution in [3.63, 3.8) is 0 Å². The van der Waals surface area contributed by atoms with E-state index in [-0.39, 0.29) is 6.09 Å². The Morgan fingerprint density at radius 1 is 1.44 bits per heavy atom. The molecule has 3 nitrogen and oxygen atoms in total. The molecule has 0 saturated carbocycles. The molecular weight excluding hydrogens is 226 g/mol. The Morgan fingerprint density at radius 2 is 2.12 bits per heavy atom. The predicted octanol–water partition coefficient (Wildman–Crippen LogP) is 2.77. The van der Waals surface area contributed by atoms with Gasteiger partial charge in [0, 0.05) is 13.1 Å². The fourth-order valence-electron chi connectivity index (χ4n) is 1.87. The van der Waals surface area contributed by atoms with Crippen molar-refractivity contribution in [1.29, 1.82) is 0 Å². The average molecular weight is 240 g/mol. The van der Waals surface area contributed by atoms with Crippen LogP contribution in [0.25, 0.3) is 0 Å². The number of halogens is 1. The number of benzene rings is 1. The van der Waals surface area contributed by atoms with Gasteiger partial charge in [0.1, 0.15) is 0 Å². The molecule has 0 radical (unpaired) electrons. The Labute approximate surface area is 100.0 Å². The molecule has 1 aliphatic rings. The number of carbonyl (C=O) groups is 1. The van der Waals surface area contributed by atoms with E-state index in [1.54, 1.807) is 11.8 Å². The lowest BCUT2D eigenvalue weighted by molar-refractivity contribution is 0.0914. The maximum atomic E-state index is 11.6. The van der Waals surface area contributed by atoms with Crippen molar-refractivity contribution < 1.29 is 9.53 Å². The summed E-state index contributed by atoms with van der Waals surface area (Å²) in [6.07, 6.45) is 0.541. The molecule has 1 amide bonds. The predicted molar refractivity (Wildman–Crippen MR) is 62.4 cm³/mol. The minimum atomic E-state index is -0.579. The Bertz CT molecular complexity index is 392. The second kappa shape index (κ2) is 4.74. The first kappa shape index (κ1) is 11.3. The molecule has 86 valence electrons. The van der Waals surface area contributed by atoms with Crippen LogP contribution >= 0.6 is 11.6 Å². The van der Waals surface area contributed by atoms with E-state index < -0.39 is 5.56 Å². The number of hydrogen-bond acceptors (Lipinski definition) is 2. The highest BCUT2D eigenvalue weighted by Crippen LogP contribution is 2.19. The summed E-state index contributed by atoms with van der Waals surface area (Å²) in [5.41, 5.74) is 1.92. The smallest absolute Gasteiger partial charge is 0.411 e. The highest BCUT2D eigenvalue weighted by Gasteiger charge is 2.22. The quantitative estimate of drug-likeness (QED) is 0.706. The van der Waals surface area contributed by atoms with Gasteiger partial charge in [-0.3, -0.25) is 0 Å². The van der Waals surface area contributed by atoms with E-state index >= 15 is 0 Å². The number of nitrogens with zero attached hydrogens (tertiary/aromatic N) is 1. The average Bonchev–Trinajstić information content (AvgIpc) is 2.27. The van der Waals surface area contributed by atoms with Crippen LogP contribution in [0.2, 0.25) is 0 Å². The van der Waals surface area contributed by atoms with Crippen molar-refractivity contribution in [2.24, 2.45) is 0 Å². The molecule has 1 aliphatic heterocycles. The summed E-state index contributed by atoms with van der Waals surface area (Å²) in [4.78, 5) is 13.3. The van der Waals surface area contributed by atoms with Crippen LogP contribution in [0.15, 0.2) is 24.3 Å². The second-order valence-electron chi connectivity index (χ2n) is 3.87. The number of fused-ring (bicyclic) bond motifs is 1. The van der Waals surface area contributed by atoms with E-state index in [4.69, 9.17) is 16.3 Å². The summed E-state index contributed by atoms with van der Waals surface area (Å²) in [5.74, 6) is 0. The number of hydrogen-bond donors (Lipinski definition) is 0. The molecular formula is C12H14ClNO2. The van der Waals surface area contributed by atoms with Crippen LogP contribution in [0, 0.1) is 0 Å². The van der Waals surface area contributed by atoms with Crippen LogP contribution in [-0.4, -0.2) is 23.1 Å².